The molecule has 0 heterocycles. The van der Waals surface area contributed by atoms with Gasteiger partial charge >= 0.3 is 0 Å². The number of alkyl halides is 1. The van der Waals surface area contributed by atoms with Crippen LogP contribution in [-0.4, -0.2) is 18.8 Å². The predicted molar refractivity (Wildman–Crippen MR) is 65.8 cm³/mol. The highest BCUT2D eigenvalue weighted by atomic mass is 127. The van der Waals surface area contributed by atoms with Crippen molar-refractivity contribution in [3.8, 4) is 5.75 Å². The van der Waals surface area contributed by atoms with E-state index in [0.717, 1.165) is 3.57 Å². The van der Waals surface area contributed by atoms with Gasteiger partial charge in [0.2, 0.25) is 0 Å². The van der Waals surface area contributed by atoms with Gasteiger partial charge < -0.3 is 4.74 Å². The highest BCUT2D eigenvalue weighted by molar-refractivity contribution is 14.1. The van der Waals surface area contributed by atoms with E-state index in [4.69, 9.17) is 27.9 Å². The summed E-state index contributed by atoms with van der Waals surface area (Å²) in [5.74, 6) is 0.129. The molecule has 1 rings (SSSR count). The van der Waals surface area contributed by atoms with E-state index in [9.17, 15) is 4.79 Å². The van der Waals surface area contributed by atoms with Crippen LogP contribution in [0.25, 0.3) is 0 Å². The van der Waals surface area contributed by atoms with Crippen molar-refractivity contribution >= 4 is 51.6 Å². The Bertz CT molecular complexity index is 366. The number of carbonyl (C=O) groups excluding carboxylic acids is 1. The predicted octanol–water partition coefficient (Wildman–Crippen LogP) is 3.37. The Morgan fingerprint density at radius 3 is 2.71 bits per heavy atom. The van der Waals surface area contributed by atoms with Crippen LogP contribution >= 0.6 is 45.8 Å². The van der Waals surface area contributed by atoms with Crippen molar-refractivity contribution in [3.05, 3.63) is 26.3 Å². The molecule has 0 aliphatic rings. The van der Waals surface area contributed by atoms with Crippen LogP contribution < -0.4 is 4.74 Å². The molecule has 0 radical (unpaired) electrons. The van der Waals surface area contributed by atoms with E-state index in [1.54, 1.807) is 12.1 Å². The summed E-state index contributed by atoms with van der Waals surface area (Å²) in [6.45, 7) is 0. The SMILES string of the molecule is COc1ccc(I)c(Cl)c1C(=O)CCl. The fourth-order valence-corrected chi connectivity index (χ4v) is 1.87. The highest BCUT2D eigenvalue weighted by Crippen LogP contribution is 2.31. The van der Waals surface area contributed by atoms with Crippen LogP contribution in [0.2, 0.25) is 5.02 Å². The summed E-state index contributed by atoms with van der Waals surface area (Å²) in [6.07, 6.45) is 0. The topological polar surface area (TPSA) is 26.3 Å². The molecule has 0 aliphatic carbocycles. The molecular weight excluding hydrogens is 338 g/mol. The number of benzene rings is 1. The number of hydrogen-bond donors (Lipinski definition) is 0. The van der Waals surface area contributed by atoms with E-state index in [0.29, 0.717) is 16.3 Å². The molecule has 0 fully saturated rings. The fourth-order valence-electron chi connectivity index (χ4n) is 1.03. The van der Waals surface area contributed by atoms with Crippen molar-refractivity contribution in [3.63, 3.8) is 0 Å². The van der Waals surface area contributed by atoms with E-state index in [-0.39, 0.29) is 11.7 Å². The lowest BCUT2D eigenvalue weighted by Crippen LogP contribution is -2.05. The van der Waals surface area contributed by atoms with E-state index in [1.807, 2.05) is 22.6 Å². The van der Waals surface area contributed by atoms with E-state index >= 15 is 0 Å². The van der Waals surface area contributed by atoms with Gasteiger partial charge in [-0.1, -0.05) is 11.6 Å². The van der Waals surface area contributed by atoms with Crippen molar-refractivity contribution in [1.29, 1.82) is 0 Å². The largest absolute Gasteiger partial charge is 0.496 e. The van der Waals surface area contributed by atoms with E-state index < -0.39 is 0 Å². The smallest absolute Gasteiger partial charge is 0.182 e. The summed E-state index contributed by atoms with van der Waals surface area (Å²) in [4.78, 5) is 11.5. The maximum atomic E-state index is 11.5. The number of halogens is 3. The second kappa shape index (κ2) is 5.19. The average molecular weight is 345 g/mol. The molecule has 0 saturated carbocycles. The summed E-state index contributed by atoms with van der Waals surface area (Å²) >= 11 is 13.5. The first kappa shape index (κ1) is 12.1. The quantitative estimate of drug-likeness (QED) is 0.477. The number of ether oxygens (including phenoxy) is 1. The van der Waals surface area contributed by atoms with Gasteiger partial charge in [-0.25, -0.2) is 0 Å². The van der Waals surface area contributed by atoms with Gasteiger partial charge in [-0.2, -0.15) is 0 Å². The molecule has 0 spiro atoms. The second-order valence-corrected chi connectivity index (χ2v) is 4.30. The first-order valence-corrected chi connectivity index (χ1v) is 5.72. The molecule has 0 atom stereocenters. The Morgan fingerprint density at radius 2 is 2.21 bits per heavy atom. The maximum Gasteiger partial charge on any atom is 0.182 e. The fraction of sp³-hybridized carbons (Fsp3) is 0.222. The zero-order chi connectivity index (χ0) is 10.7. The third-order valence-corrected chi connectivity index (χ3v) is 3.53. The Morgan fingerprint density at radius 1 is 1.57 bits per heavy atom. The first-order valence-electron chi connectivity index (χ1n) is 3.73. The molecule has 0 bridgehead atoms. The molecular formula is C9H7Cl2IO2. The second-order valence-electron chi connectivity index (χ2n) is 2.50. The standard InChI is InChI=1S/C9H7Cl2IO2/c1-14-7-3-2-5(12)9(11)8(7)6(13)4-10/h2-3H,4H2,1H3. The molecule has 1 aromatic rings. The number of methoxy groups -OCH3 is 1. The van der Waals surface area contributed by atoms with Gasteiger partial charge in [0.15, 0.2) is 5.78 Å². The molecule has 0 saturated heterocycles. The van der Waals surface area contributed by atoms with Gasteiger partial charge in [0.25, 0.3) is 0 Å². The van der Waals surface area contributed by atoms with E-state index in [2.05, 4.69) is 0 Å². The first-order chi connectivity index (χ1) is 6.61. The summed E-state index contributed by atoms with van der Waals surface area (Å²) in [6, 6.07) is 3.49. The lowest BCUT2D eigenvalue weighted by Gasteiger charge is -2.09. The zero-order valence-electron chi connectivity index (χ0n) is 7.31. The van der Waals surface area contributed by atoms with Crippen molar-refractivity contribution in [1.82, 2.24) is 0 Å². The molecule has 76 valence electrons. The monoisotopic (exact) mass is 344 g/mol. The summed E-state index contributed by atoms with van der Waals surface area (Å²) in [7, 11) is 1.49. The van der Waals surface area contributed by atoms with Crippen molar-refractivity contribution in [2.75, 3.05) is 13.0 Å². The Hall–Kier alpha value is -0.000000000000000167. The summed E-state index contributed by atoms with van der Waals surface area (Å²) in [5, 5.41) is 0.399. The van der Waals surface area contributed by atoms with Gasteiger partial charge in [0.1, 0.15) is 5.75 Å². The van der Waals surface area contributed by atoms with Crippen LogP contribution in [0.4, 0.5) is 0 Å². The van der Waals surface area contributed by atoms with Gasteiger partial charge in [-0.15, -0.1) is 11.6 Å². The van der Waals surface area contributed by atoms with Gasteiger partial charge in [-0.05, 0) is 34.7 Å². The molecule has 0 aliphatic heterocycles. The summed E-state index contributed by atoms with van der Waals surface area (Å²) < 4.78 is 5.84. The van der Waals surface area contributed by atoms with E-state index in [1.165, 1.54) is 7.11 Å². The number of Topliss-reactive ketones (excluding diaryl/α,β-unsaturated/α-hetero) is 1. The number of carbonyl (C=O) groups is 1. The lowest BCUT2D eigenvalue weighted by atomic mass is 10.1. The van der Waals surface area contributed by atoms with Crippen LogP contribution in [0.1, 0.15) is 10.4 Å². The van der Waals surface area contributed by atoms with Gasteiger partial charge in [0, 0.05) is 3.57 Å². The van der Waals surface area contributed by atoms with Crippen LogP contribution in [0.15, 0.2) is 12.1 Å². The molecule has 0 aromatic heterocycles. The van der Waals surface area contributed by atoms with Crippen LogP contribution in [0, 0.1) is 3.57 Å². The van der Waals surface area contributed by atoms with Crippen molar-refractivity contribution in [2.45, 2.75) is 0 Å². The normalized spacial score (nSPS) is 10.0. The van der Waals surface area contributed by atoms with Crippen LogP contribution in [0.3, 0.4) is 0 Å². The molecule has 0 N–H and O–H groups in total. The molecule has 0 unspecified atom stereocenters. The van der Waals surface area contributed by atoms with Crippen molar-refractivity contribution in [2.24, 2.45) is 0 Å². The Balaban J connectivity index is 3.35. The minimum Gasteiger partial charge on any atom is -0.496 e. The average Bonchev–Trinajstić information content (AvgIpc) is 2.20. The molecule has 0 amide bonds. The molecule has 5 heteroatoms. The number of rotatable bonds is 3. The highest BCUT2D eigenvalue weighted by Gasteiger charge is 2.17. The van der Waals surface area contributed by atoms with Crippen molar-refractivity contribution < 1.29 is 9.53 Å². The lowest BCUT2D eigenvalue weighted by molar-refractivity contribution is 0.101. The van der Waals surface area contributed by atoms with Gasteiger partial charge in [0.05, 0.1) is 23.6 Å². The molecule has 1 aromatic carbocycles. The maximum absolute atomic E-state index is 11.5. The zero-order valence-corrected chi connectivity index (χ0v) is 11.0. The third-order valence-electron chi connectivity index (χ3n) is 1.68. The third kappa shape index (κ3) is 2.32. The van der Waals surface area contributed by atoms with Crippen LogP contribution in [-0.2, 0) is 0 Å². The summed E-state index contributed by atoms with van der Waals surface area (Å²) in [5.41, 5.74) is 0.357. The number of hydrogen-bond acceptors (Lipinski definition) is 2. The Kier molecular flexibility index (Phi) is 4.47. The minimum atomic E-state index is -0.230. The number of ketones is 1. The molecule has 14 heavy (non-hydrogen) atoms. The van der Waals surface area contributed by atoms with Gasteiger partial charge in [-0.3, -0.25) is 4.79 Å². The Labute approximate surface area is 106 Å². The van der Waals surface area contributed by atoms with Crippen LogP contribution in [0.5, 0.6) is 5.75 Å². The minimum absolute atomic E-state index is 0.101. The molecule has 2 nitrogen and oxygen atoms in total.